The number of nitrogens with one attached hydrogen (secondary N) is 1. The van der Waals surface area contributed by atoms with E-state index in [0.29, 0.717) is 6.04 Å². The molecule has 0 aliphatic heterocycles. The van der Waals surface area contributed by atoms with E-state index < -0.39 is 0 Å². The summed E-state index contributed by atoms with van der Waals surface area (Å²) in [5.74, 6) is 0.919. The Kier molecular flexibility index (Phi) is 5.59. The van der Waals surface area contributed by atoms with Crippen molar-refractivity contribution < 1.29 is 4.74 Å². The van der Waals surface area contributed by atoms with Crippen molar-refractivity contribution in [1.29, 1.82) is 0 Å². The Morgan fingerprint density at radius 2 is 2.10 bits per heavy atom. The fourth-order valence-corrected chi connectivity index (χ4v) is 2.81. The first-order valence-corrected chi connectivity index (χ1v) is 7.99. The van der Waals surface area contributed by atoms with Gasteiger partial charge in [0.2, 0.25) is 0 Å². The minimum atomic E-state index is 0.474. The first-order chi connectivity index (χ1) is 10.1. The van der Waals surface area contributed by atoms with Crippen molar-refractivity contribution in [2.24, 2.45) is 0 Å². The van der Waals surface area contributed by atoms with E-state index in [2.05, 4.69) is 47.5 Å². The summed E-state index contributed by atoms with van der Waals surface area (Å²) in [7, 11) is 3.77. The molecule has 0 saturated heterocycles. The van der Waals surface area contributed by atoms with E-state index in [9.17, 15) is 0 Å². The smallest absolute Gasteiger partial charge is 0.185 e. The number of anilines is 1. The molecule has 0 aliphatic carbocycles. The zero-order valence-electron chi connectivity index (χ0n) is 13.1. The molecule has 1 heterocycles. The van der Waals surface area contributed by atoms with Gasteiger partial charge in [0, 0.05) is 37.1 Å². The molecule has 0 radical (unpaired) electrons. The van der Waals surface area contributed by atoms with Gasteiger partial charge in [0.25, 0.3) is 0 Å². The molecule has 1 aromatic carbocycles. The SMILES string of the molecule is COc1ccccc1CN(C)c1nc(CNC(C)C)cs1. The van der Waals surface area contributed by atoms with Crippen LogP contribution in [0.1, 0.15) is 25.1 Å². The van der Waals surface area contributed by atoms with Crippen LogP contribution in [0.4, 0.5) is 5.13 Å². The molecular formula is C16H23N3OS. The van der Waals surface area contributed by atoms with Crippen LogP contribution in [0.15, 0.2) is 29.6 Å². The zero-order valence-corrected chi connectivity index (χ0v) is 13.9. The lowest BCUT2D eigenvalue weighted by Gasteiger charge is -2.17. The maximum atomic E-state index is 5.40. The maximum absolute atomic E-state index is 5.40. The van der Waals surface area contributed by atoms with Gasteiger partial charge in [-0.15, -0.1) is 11.3 Å². The third-order valence-corrected chi connectivity index (χ3v) is 4.16. The molecule has 2 aromatic rings. The number of benzene rings is 1. The van der Waals surface area contributed by atoms with E-state index in [1.165, 1.54) is 5.56 Å². The van der Waals surface area contributed by atoms with Crippen molar-refractivity contribution in [2.75, 3.05) is 19.1 Å². The van der Waals surface area contributed by atoms with Crippen LogP contribution >= 0.6 is 11.3 Å². The molecule has 0 fully saturated rings. The van der Waals surface area contributed by atoms with Crippen LogP contribution in [-0.4, -0.2) is 25.2 Å². The number of hydrogen-bond acceptors (Lipinski definition) is 5. The summed E-state index contributed by atoms with van der Waals surface area (Å²) in [5, 5.41) is 6.53. The van der Waals surface area contributed by atoms with Crippen LogP contribution in [0.25, 0.3) is 0 Å². The molecule has 1 N–H and O–H groups in total. The predicted molar refractivity (Wildman–Crippen MR) is 89.2 cm³/mol. The summed E-state index contributed by atoms with van der Waals surface area (Å²) in [5.41, 5.74) is 2.26. The first kappa shape index (κ1) is 15.8. The van der Waals surface area contributed by atoms with E-state index in [-0.39, 0.29) is 0 Å². The van der Waals surface area contributed by atoms with E-state index >= 15 is 0 Å². The van der Waals surface area contributed by atoms with Gasteiger partial charge >= 0.3 is 0 Å². The monoisotopic (exact) mass is 305 g/mol. The molecule has 0 saturated carbocycles. The van der Waals surface area contributed by atoms with Gasteiger partial charge in [0.05, 0.1) is 12.8 Å². The van der Waals surface area contributed by atoms with Crippen molar-refractivity contribution in [3.63, 3.8) is 0 Å². The van der Waals surface area contributed by atoms with E-state index in [0.717, 1.165) is 29.7 Å². The van der Waals surface area contributed by atoms with Gasteiger partial charge in [-0.2, -0.15) is 0 Å². The largest absolute Gasteiger partial charge is 0.496 e. The summed E-state index contributed by atoms with van der Waals surface area (Å²) >= 11 is 1.68. The van der Waals surface area contributed by atoms with E-state index in [4.69, 9.17) is 4.74 Å². The molecule has 0 amide bonds. The van der Waals surface area contributed by atoms with Crippen molar-refractivity contribution in [2.45, 2.75) is 33.0 Å². The van der Waals surface area contributed by atoms with Crippen molar-refractivity contribution in [1.82, 2.24) is 10.3 Å². The third-order valence-electron chi connectivity index (χ3n) is 3.16. The van der Waals surface area contributed by atoms with Gasteiger partial charge in [-0.25, -0.2) is 4.98 Å². The van der Waals surface area contributed by atoms with Crippen molar-refractivity contribution >= 4 is 16.5 Å². The Morgan fingerprint density at radius 3 is 2.81 bits per heavy atom. The number of rotatable bonds is 7. The van der Waals surface area contributed by atoms with Crippen LogP contribution in [0, 0.1) is 0 Å². The highest BCUT2D eigenvalue weighted by Crippen LogP contribution is 2.24. The highest BCUT2D eigenvalue weighted by molar-refractivity contribution is 7.13. The highest BCUT2D eigenvalue weighted by Gasteiger charge is 2.10. The Morgan fingerprint density at radius 1 is 1.33 bits per heavy atom. The fourth-order valence-electron chi connectivity index (χ4n) is 2.02. The standard InChI is InChI=1S/C16H23N3OS/c1-12(2)17-9-14-11-21-16(18-14)19(3)10-13-7-5-6-8-15(13)20-4/h5-8,11-12,17H,9-10H2,1-4H3. The lowest BCUT2D eigenvalue weighted by Crippen LogP contribution is -2.22. The average molecular weight is 305 g/mol. The summed E-state index contributed by atoms with van der Waals surface area (Å²) in [6.45, 7) is 5.88. The minimum absolute atomic E-state index is 0.474. The van der Waals surface area contributed by atoms with Gasteiger partial charge in [-0.05, 0) is 6.07 Å². The maximum Gasteiger partial charge on any atom is 0.185 e. The third kappa shape index (κ3) is 4.44. The van der Waals surface area contributed by atoms with Crippen LogP contribution < -0.4 is 15.0 Å². The number of ether oxygens (including phenoxy) is 1. The molecule has 2 rings (SSSR count). The highest BCUT2D eigenvalue weighted by atomic mass is 32.1. The summed E-state index contributed by atoms with van der Waals surface area (Å²) in [6.07, 6.45) is 0. The van der Waals surface area contributed by atoms with Gasteiger partial charge < -0.3 is 15.0 Å². The number of methoxy groups -OCH3 is 1. The number of thiazole rings is 1. The quantitative estimate of drug-likeness (QED) is 0.852. The molecule has 4 nitrogen and oxygen atoms in total. The molecule has 5 heteroatoms. The van der Waals surface area contributed by atoms with Gasteiger partial charge in [-0.1, -0.05) is 32.0 Å². The number of aromatic nitrogens is 1. The molecule has 21 heavy (non-hydrogen) atoms. The van der Waals surface area contributed by atoms with Crippen molar-refractivity contribution in [3.8, 4) is 5.75 Å². The molecule has 0 bridgehead atoms. The van der Waals surface area contributed by atoms with E-state index in [1.807, 2.05) is 18.2 Å². The van der Waals surface area contributed by atoms with Gasteiger partial charge in [0.15, 0.2) is 5.13 Å². The number of nitrogens with zero attached hydrogens (tertiary/aromatic N) is 2. The first-order valence-electron chi connectivity index (χ1n) is 7.11. The lowest BCUT2D eigenvalue weighted by molar-refractivity contribution is 0.409. The Bertz CT molecular complexity index is 568. The Hall–Kier alpha value is -1.59. The molecule has 114 valence electrons. The molecule has 0 atom stereocenters. The van der Waals surface area contributed by atoms with Crippen LogP contribution in [0.3, 0.4) is 0 Å². The second-order valence-corrected chi connectivity index (χ2v) is 6.16. The average Bonchev–Trinajstić information content (AvgIpc) is 2.94. The second kappa shape index (κ2) is 7.43. The lowest BCUT2D eigenvalue weighted by atomic mass is 10.2. The van der Waals surface area contributed by atoms with Gasteiger partial charge in [0.1, 0.15) is 5.75 Å². The Labute approximate surface area is 130 Å². The van der Waals surface area contributed by atoms with Gasteiger partial charge in [-0.3, -0.25) is 0 Å². The number of para-hydroxylation sites is 1. The topological polar surface area (TPSA) is 37.4 Å². The Balaban J connectivity index is 2.01. The molecule has 1 aromatic heterocycles. The summed E-state index contributed by atoms with van der Waals surface area (Å²) < 4.78 is 5.40. The van der Waals surface area contributed by atoms with Crippen LogP contribution in [0.5, 0.6) is 5.75 Å². The zero-order chi connectivity index (χ0) is 15.2. The fraction of sp³-hybridized carbons (Fsp3) is 0.438. The number of hydrogen-bond donors (Lipinski definition) is 1. The van der Waals surface area contributed by atoms with E-state index in [1.54, 1.807) is 18.4 Å². The summed E-state index contributed by atoms with van der Waals surface area (Å²) in [4.78, 5) is 6.83. The van der Waals surface area contributed by atoms with Crippen molar-refractivity contribution in [3.05, 3.63) is 40.9 Å². The minimum Gasteiger partial charge on any atom is -0.496 e. The molecular weight excluding hydrogens is 282 g/mol. The summed E-state index contributed by atoms with van der Waals surface area (Å²) in [6, 6.07) is 8.57. The van der Waals surface area contributed by atoms with Crippen LogP contribution in [-0.2, 0) is 13.1 Å². The molecule has 0 unspecified atom stereocenters. The second-order valence-electron chi connectivity index (χ2n) is 5.32. The van der Waals surface area contributed by atoms with Crippen LogP contribution in [0.2, 0.25) is 0 Å². The molecule has 0 spiro atoms. The predicted octanol–water partition coefficient (Wildman–Crippen LogP) is 3.29. The normalized spacial score (nSPS) is 10.9. The molecule has 0 aliphatic rings.